The number of aromatic hydroxyl groups is 1. The molecular weight excluding hydrogens is 674 g/mol. The molecule has 2 aromatic carbocycles. The molecule has 0 unspecified atom stereocenters. The number of carboxylic acids is 1. The lowest BCUT2D eigenvalue weighted by molar-refractivity contribution is -0.138. The van der Waals surface area contributed by atoms with E-state index < -0.39 is 12.0 Å². The Kier molecular flexibility index (Phi) is 7.22. The molecule has 0 radical (unpaired) electrons. The van der Waals surface area contributed by atoms with Gasteiger partial charge in [0.2, 0.25) is 0 Å². The minimum absolute atomic E-state index is 0.0204. The fourth-order valence-electron chi connectivity index (χ4n) is 1.89. The molecule has 2 aromatic rings. The van der Waals surface area contributed by atoms with E-state index in [9.17, 15) is 9.90 Å². The first-order chi connectivity index (χ1) is 11.2. The molecule has 0 bridgehead atoms. The highest BCUT2D eigenvalue weighted by Gasteiger charge is 2.16. The Morgan fingerprint density at radius 1 is 1.17 bits per heavy atom. The minimum Gasteiger partial charge on any atom is -0.505 e. The van der Waals surface area contributed by atoms with Crippen molar-refractivity contribution >= 4 is 85.3 Å². The number of carbonyl (C=O) groups is 1. The molecular formula is C15H11ClI3NO4. The molecule has 4 N–H and O–H groups in total. The van der Waals surface area contributed by atoms with Crippen LogP contribution in [0.5, 0.6) is 17.2 Å². The minimum atomic E-state index is -1.03. The molecule has 0 saturated heterocycles. The molecule has 0 aromatic heterocycles. The Balaban J connectivity index is 2.30. The molecule has 0 amide bonds. The number of hydrogen-bond acceptors (Lipinski definition) is 4. The SMILES string of the molecule is N[C@@H](Cc1cc(I)c(Oc2cc(Cl)c(O)c(I)c2)c(I)c1)C(=O)O. The normalized spacial score (nSPS) is 12.0. The van der Waals surface area contributed by atoms with Crippen molar-refractivity contribution in [2.45, 2.75) is 12.5 Å². The number of ether oxygens (including phenoxy) is 1. The van der Waals surface area contributed by atoms with Crippen molar-refractivity contribution in [3.05, 3.63) is 45.6 Å². The van der Waals surface area contributed by atoms with E-state index >= 15 is 0 Å². The first-order valence-corrected chi connectivity index (χ1v) is 10.1. The lowest BCUT2D eigenvalue weighted by Gasteiger charge is -2.14. The Bertz CT molecular complexity index is 754. The molecule has 0 aliphatic carbocycles. The Morgan fingerprint density at radius 3 is 2.25 bits per heavy atom. The van der Waals surface area contributed by atoms with Crippen molar-refractivity contribution in [1.82, 2.24) is 0 Å². The highest BCUT2D eigenvalue weighted by atomic mass is 127. The van der Waals surface area contributed by atoms with Gasteiger partial charge in [0.25, 0.3) is 0 Å². The first kappa shape index (κ1) is 20.3. The predicted molar refractivity (Wildman–Crippen MR) is 117 cm³/mol. The Morgan fingerprint density at radius 2 is 1.75 bits per heavy atom. The molecule has 24 heavy (non-hydrogen) atoms. The van der Waals surface area contributed by atoms with Gasteiger partial charge in [0.15, 0.2) is 5.75 Å². The van der Waals surface area contributed by atoms with Crippen LogP contribution in [0, 0.1) is 10.7 Å². The van der Waals surface area contributed by atoms with Crippen molar-refractivity contribution in [1.29, 1.82) is 0 Å². The van der Waals surface area contributed by atoms with Gasteiger partial charge in [0.1, 0.15) is 17.5 Å². The van der Waals surface area contributed by atoms with E-state index in [0.29, 0.717) is 15.1 Å². The van der Waals surface area contributed by atoms with Gasteiger partial charge in [-0.15, -0.1) is 0 Å². The lowest BCUT2D eigenvalue weighted by Crippen LogP contribution is -2.32. The molecule has 9 heteroatoms. The van der Waals surface area contributed by atoms with Gasteiger partial charge in [0, 0.05) is 6.07 Å². The molecule has 0 saturated carbocycles. The third kappa shape index (κ3) is 4.99. The van der Waals surface area contributed by atoms with Crippen LogP contribution in [0.15, 0.2) is 24.3 Å². The average Bonchev–Trinajstić information content (AvgIpc) is 2.48. The molecule has 0 fully saturated rings. The summed E-state index contributed by atoms with van der Waals surface area (Å²) in [4.78, 5) is 10.9. The highest BCUT2D eigenvalue weighted by molar-refractivity contribution is 14.1. The fraction of sp³-hybridized carbons (Fsp3) is 0.133. The number of benzene rings is 2. The number of phenols is 1. The van der Waals surface area contributed by atoms with Crippen molar-refractivity contribution in [3.63, 3.8) is 0 Å². The number of rotatable bonds is 5. The maximum Gasteiger partial charge on any atom is 0.320 e. The van der Waals surface area contributed by atoms with Gasteiger partial charge in [-0.3, -0.25) is 4.79 Å². The summed E-state index contributed by atoms with van der Waals surface area (Å²) < 4.78 is 8.14. The monoisotopic (exact) mass is 685 g/mol. The molecule has 1 atom stereocenters. The van der Waals surface area contributed by atoms with E-state index in [1.165, 1.54) is 0 Å². The number of carboxylic acid groups (broad SMARTS) is 1. The van der Waals surface area contributed by atoms with Crippen LogP contribution < -0.4 is 10.5 Å². The van der Waals surface area contributed by atoms with Crippen molar-refractivity contribution < 1.29 is 19.7 Å². The van der Waals surface area contributed by atoms with Crippen LogP contribution in [-0.2, 0) is 11.2 Å². The van der Waals surface area contributed by atoms with E-state index in [2.05, 4.69) is 45.2 Å². The Hall–Kier alpha value is -0.0500. The summed E-state index contributed by atoms with van der Waals surface area (Å²) in [7, 11) is 0. The van der Waals surface area contributed by atoms with Crippen LogP contribution in [0.25, 0.3) is 0 Å². The van der Waals surface area contributed by atoms with Gasteiger partial charge in [0.05, 0.1) is 15.7 Å². The fourth-order valence-corrected chi connectivity index (χ4v) is 4.97. The van der Waals surface area contributed by atoms with E-state index in [4.69, 9.17) is 27.2 Å². The highest BCUT2D eigenvalue weighted by Crippen LogP contribution is 2.38. The summed E-state index contributed by atoms with van der Waals surface area (Å²) in [6, 6.07) is 5.96. The second-order valence-electron chi connectivity index (χ2n) is 4.88. The molecule has 0 aliphatic heterocycles. The molecule has 5 nitrogen and oxygen atoms in total. The van der Waals surface area contributed by atoms with Gasteiger partial charge < -0.3 is 20.7 Å². The second-order valence-corrected chi connectivity index (χ2v) is 8.77. The van der Waals surface area contributed by atoms with Gasteiger partial charge in [-0.2, -0.15) is 0 Å². The van der Waals surface area contributed by atoms with Crippen molar-refractivity contribution in [3.8, 4) is 17.2 Å². The van der Waals surface area contributed by atoms with Gasteiger partial charge >= 0.3 is 5.97 Å². The van der Waals surface area contributed by atoms with Crippen LogP contribution in [0.4, 0.5) is 0 Å². The van der Waals surface area contributed by atoms with Gasteiger partial charge in [-0.1, -0.05) is 11.6 Å². The third-order valence-electron chi connectivity index (χ3n) is 3.04. The second kappa shape index (κ2) is 8.56. The largest absolute Gasteiger partial charge is 0.505 e. The standard InChI is InChI=1S/C15H11ClI3NO4/c16-8-4-7(5-9(17)13(8)21)24-14-10(18)1-6(2-11(14)19)3-12(20)15(22)23/h1-2,4-5,12,21H,3,20H2,(H,22,23)/t12-/m0/s1. The van der Waals surface area contributed by atoms with E-state index in [0.717, 1.165) is 12.7 Å². The Labute approximate surface area is 184 Å². The van der Waals surface area contributed by atoms with Gasteiger partial charge in [-0.05, 0) is 98.0 Å². The van der Waals surface area contributed by atoms with E-state index in [-0.39, 0.29) is 17.2 Å². The van der Waals surface area contributed by atoms with Crippen LogP contribution >= 0.6 is 79.4 Å². The summed E-state index contributed by atoms with van der Waals surface area (Å²) >= 11 is 12.2. The maximum atomic E-state index is 10.9. The molecule has 0 heterocycles. The van der Waals surface area contributed by atoms with Crippen LogP contribution in [-0.4, -0.2) is 22.2 Å². The summed E-state index contributed by atoms with van der Waals surface area (Å²) in [5.74, 6) is 0.134. The maximum absolute atomic E-state index is 10.9. The quantitative estimate of drug-likeness (QED) is 0.401. The number of halogens is 4. The summed E-state index contributed by atoms with van der Waals surface area (Å²) in [5.41, 5.74) is 6.41. The number of phenolic OH excluding ortho intramolecular Hbond substituents is 1. The van der Waals surface area contributed by atoms with Crippen LogP contribution in [0.2, 0.25) is 5.02 Å². The van der Waals surface area contributed by atoms with Crippen molar-refractivity contribution in [2.24, 2.45) is 5.73 Å². The molecule has 0 spiro atoms. The summed E-state index contributed by atoms with van der Waals surface area (Å²) in [5, 5.41) is 18.8. The number of nitrogens with two attached hydrogens (primary N) is 1. The summed E-state index contributed by atoms with van der Waals surface area (Å²) in [6.45, 7) is 0. The molecule has 128 valence electrons. The van der Waals surface area contributed by atoms with Crippen LogP contribution in [0.1, 0.15) is 5.56 Å². The smallest absolute Gasteiger partial charge is 0.320 e. The third-order valence-corrected chi connectivity index (χ3v) is 5.75. The van der Waals surface area contributed by atoms with Crippen molar-refractivity contribution in [2.75, 3.05) is 0 Å². The first-order valence-electron chi connectivity index (χ1n) is 6.51. The zero-order valence-corrected chi connectivity index (χ0v) is 19.1. The van der Waals surface area contributed by atoms with Crippen LogP contribution in [0.3, 0.4) is 0 Å². The van der Waals surface area contributed by atoms with Gasteiger partial charge in [-0.25, -0.2) is 0 Å². The zero-order chi connectivity index (χ0) is 18.0. The zero-order valence-electron chi connectivity index (χ0n) is 11.9. The topological polar surface area (TPSA) is 92.8 Å². The number of aliphatic carboxylic acids is 1. The molecule has 2 rings (SSSR count). The average molecular weight is 685 g/mol. The van der Waals surface area contributed by atoms with E-state index in [1.54, 1.807) is 12.1 Å². The van der Waals surface area contributed by atoms with E-state index in [1.807, 2.05) is 34.7 Å². The number of hydrogen-bond donors (Lipinski definition) is 3. The lowest BCUT2D eigenvalue weighted by atomic mass is 10.1. The summed E-state index contributed by atoms with van der Waals surface area (Å²) in [6.07, 6.45) is 0.241. The molecule has 0 aliphatic rings. The predicted octanol–water partition coefficient (Wildman–Crippen LogP) is 4.61.